The summed E-state index contributed by atoms with van der Waals surface area (Å²) in [7, 11) is -0.562. The van der Waals surface area contributed by atoms with E-state index in [1.54, 1.807) is 7.11 Å². The lowest BCUT2D eigenvalue weighted by atomic mass is 9.94. The molecule has 0 amide bonds. The quantitative estimate of drug-likeness (QED) is 0.240. The van der Waals surface area contributed by atoms with Gasteiger partial charge in [0, 0.05) is 17.5 Å². The zero-order valence-corrected chi connectivity index (χ0v) is 20.0. The molecule has 0 saturated heterocycles. The van der Waals surface area contributed by atoms with Gasteiger partial charge >= 0.3 is 5.97 Å². The van der Waals surface area contributed by atoms with E-state index in [1.165, 1.54) is 0 Å². The molecule has 0 aliphatic carbocycles. The number of aldehydes is 1. The lowest BCUT2D eigenvalue weighted by Gasteiger charge is -2.37. The maximum atomic E-state index is 12.6. The average molecular weight is 419 g/mol. The van der Waals surface area contributed by atoms with Crippen LogP contribution in [0.1, 0.15) is 67.6 Å². The van der Waals surface area contributed by atoms with Crippen LogP contribution in [0.3, 0.4) is 0 Å². The molecule has 1 aromatic carbocycles. The second kappa shape index (κ2) is 8.74. The second-order valence-electron chi connectivity index (χ2n) is 9.22. The highest BCUT2D eigenvalue weighted by Crippen LogP contribution is 2.46. The minimum absolute atomic E-state index is 0.0203. The number of ether oxygens (including phenoxy) is 2. The number of hydrogen-bond acceptors (Lipinski definition) is 5. The highest BCUT2D eigenvalue weighted by molar-refractivity contribution is 6.74. The molecule has 0 aromatic heterocycles. The first-order valence-corrected chi connectivity index (χ1v) is 13.0. The van der Waals surface area contributed by atoms with Gasteiger partial charge in [-0.25, -0.2) is 4.79 Å². The number of rotatable bonds is 8. The standard InChI is InChI=1S/C23H34O5Si/c1-15(10-9-13-24)11-12-17-20(26-6)16(2)18-14-27-22(25)19(18)21(17)28-29(7,8)23(3,4)5/h11,13H,9-10,12,14H2,1-8H3/b15-11+. The fourth-order valence-electron chi connectivity index (χ4n) is 3.20. The predicted molar refractivity (Wildman–Crippen MR) is 117 cm³/mol. The summed E-state index contributed by atoms with van der Waals surface area (Å²) in [6.45, 7) is 15.1. The molecule has 6 heteroatoms. The molecule has 0 fully saturated rings. The van der Waals surface area contributed by atoms with E-state index in [9.17, 15) is 9.59 Å². The first kappa shape index (κ1) is 23.2. The zero-order valence-electron chi connectivity index (χ0n) is 19.0. The van der Waals surface area contributed by atoms with Gasteiger partial charge in [-0.3, -0.25) is 0 Å². The maximum Gasteiger partial charge on any atom is 0.342 e. The lowest BCUT2D eigenvalue weighted by molar-refractivity contribution is -0.107. The van der Waals surface area contributed by atoms with Gasteiger partial charge in [0.1, 0.15) is 30.0 Å². The Hall–Kier alpha value is -2.08. The van der Waals surface area contributed by atoms with Crippen LogP contribution in [-0.2, 0) is 22.6 Å². The number of cyclic esters (lactones) is 1. The van der Waals surface area contributed by atoms with E-state index in [2.05, 4.69) is 39.9 Å². The van der Waals surface area contributed by atoms with Gasteiger partial charge in [0.2, 0.25) is 0 Å². The molecule has 160 valence electrons. The van der Waals surface area contributed by atoms with E-state index in [0.29, 0.717) is 24.2 Å². The van der Waals surface area contributed by atoms with Crippen molar-refractivity contribution in [3.05, 3.63) is 33.9 Å². The molecule has 0 saturated carbocycles. The molecule has 1 heterocycles. The van der Waals surface area contributed by atoms with Crippen molar-refractivity contribution in [2.75, 3.05) is 7.11 Å². The molecule has 29 heavy (non-hydrogen) atoms. The summed E-state index contributed by atoms with van der Waals surface area (Å²) in [5.74, 6) is 1.02. The van der Waals surface area contributed by atoms with Gasteiger partial charge in [-0.05, 0) is 50.4 Å². The first-order chi connectivity index (χ1) is 13.4. The molecule has 0 spiro atoms. The molecule has 0 radical (unpaired) electrons. The largest absolute Gasteiger partial charge is 0.543 e. The summed E-state index contributed by atoms with van der Waals surface area (Å²) in [6, 6.07) is 0. The third-order valence-corrected chi connectivity index (χ3v) is 10.4. The van der Waals surface area contributed by atoms with Crippen LogP contribution in [0.2, 0.25) is 18.1 Å². The van der Waals surface area contributed by atoms with E-state index in [0.717, 1.165) is 40.7 Å². The summed E-state index contributed by atoms with van der Waals surface area (Å²) in [6.07, 6.45) is 4.81. The fraction of sp³-hybridized carbons (Fsp3) is 0.565. The highest BCUT2D eigenvalue weighted by atomic mass is 28.4. The molecule has 5 nitrogen and oxygen atoms in total. The molecule has 1 aliphatic rings. The Morgan fingerprint density at radius 1 is 1.24 bits per heavy atom. The normalized spacial score (nSPS) is 14.5. The number of methoxy groups -OCH3 is 1. The summed E-state index contributed by atoms with van der Waals surface area (Å²) < 4.78 is 17.8. The smallest absolute Gasteiger partial charge is 0.342 e. The third-order valence-electron chi connectivity index (χ3n) is 6.10. The van der Waals surface area contributed by atoms with Crippen molar-refractivity contribution in [2.24, 2.45) is 0 Å². The fourth-order valence-corrected chi connectivity index (χ4v) is 4.24. The Balaban J connectivity index is 2.66. The van der Waals surface area contributed by atoms with Crippen LogP contribution in [0.25, 0.3) is 0 Å². The zero-order chi connectivity index (χ0) is 22.0. The van der Waals surface area contributed by atoms with Gasteiger partial charge in [-0.1, -0.05) is 32.4 Å². The van der Waals surface area contributed by atoms with Gasteiger partial charge in [-0.15, -0.1) is 0 Å². The highest BCUT2D eigenvalue weighted by Gasteiger charge is 2.42. The number of allylic oxidation sites excluding steroid dienone is 2. The molecule has 0 N–H and O–H groups in total. The number of benzene rings is 1. The maximum absolute atomic E-state index is 12.6. The number of carbonyl (C=O) groups is 2. The van der Waals surface area contributed by atoms with Gasteiger partial charge < -0.3 is 18.7 Å². The van der Waals surface area contributed by atoms with Crippen molar-refractivity contribution < 1.29 is 23.5 Å². The SMILES string of the molecule is COc1c(C)c2c(c(O[Si](C)(C)C(C)(C)C)c1C/C=C(\C)CCC=O)C(=O)OC2. The summed E-state index contributed by atoms with van der Waals surface area (Å²) in [4.78, 5) is 23.3. The first-order valence-electron chi connectivity index (χ1n) is 10.1. The minimum atomic E-state index is -2.21. The molecule has 0 unspecified atom stereocenters. The molecule has 0 bridgehead atoms. The average Bonchev–Trinajstić information content (AvgIpc) is 3.01. The van der Waals surface area contributed by atoms with Crippen molar-refractivity contribution in [1.82, 2.24) is 0 Å². The monoisotopic (exact) mass is 418 g/mol. The number of fused-ring (bicyclic) bond motifs is 1. The topological polar surface area (TPSA) is 61.8 Å². The van der Waals surface area contributed by atoms with Crippen LogP contribution in [-0.4, -0.2) is 27.7 Å². The number of hydrogen-bond donors (Lipinski definition) is 0. The molecular formula is C23H34O5Si. The van der Waals surface area contributed by atoms with Crippen molar-refractivity contribution in [1.29, 1.82) is 0 Å². The Morgan fingerprint density at radius 2 is 1.90 bits per heavy atom. The van der Waals surface area contributed by atoms with Gasteiger partial charge in [0.25, 0.3) is 8.32 Å². The van der Waals surface area contributed by atoms with Crippen LogP contribution < -0.4 is 9.16 Å². The van der Waals surface area contributed by atoms with Crippen LogP contribution in [0, 0.1) is 6.92 Å². The Morgan fingerprint density at radius 3 is 2.45 bits per heavy atom. The van der Waals surface area contributed by atoms with Crippen molar-refractivity contribution in [3.8, 4) is 11.5 Å². The Bertz CT molecular complexity index is 831. The number of carbonyl (C=O) groups excluding carboxylic acids is 2. The molecule has 0 atom stereocenters. The third kappa shape index (κ3) is 4.74. The predicted octanol–water partition coefficient (Wildman–Crippen LogP) is 5.53. The van der Waals surface area contributed by atoms with Crippen LogP contribution in [0.4, 0.5) is 0 Å². The van der Waals surface area contributed by atoms with E-state index in [-0.39, 0.29) is 17.6 Å². The van der Waals surface area contributed by atoms with E-state index in [4.69, 9.17) is 13.9 Å². The van der Waals surface area contributed by atoms with Gasteiger partial charge in [0.05, 0.1) is 7.11 Å². The lowest BCUT2D eigenvalue weighted by Crippen LogP contribution is -2.44. The van der Waals surface area contributed by atoms with E-state index >= 15 is 0 Å². The molecular weight excluding hydrogens is 384 g/mol. The second-order valence-corrected chi connectivity index (χ2v) is 13.9. The van der Waals surface area contributed by atoms with Crippen LogP contribution >= 0.6 is 0 Å². The molecule has 1 aliphatic heterocycles. The number of esters is 1. The van der Waals surface area contributed by atoms with E-state index in [1.807, 2.05) is 13.8 Å². The molecule has 1 aromatic rings. The Kier molecular flexibility index (Phi) is 6.99. The summed E-state index contributed by atoms with van der Waals surface area (Å²) in [5.41, 5.74) is 4.31. The van der Waals surface area contributed by atoms with E-state index < -0.39 is 8.32 Å². The molecule has 2 rings (SSSR count). The minimum Gasteiger partial charge on any atom is -0.543 e. The van der Waals surface area contributed by atoms with Crippen molar-refractivity contribution >= 4 is 20.6 Å². The van der Waals surface area contributed by atoms with Crippen molar-refractivity contribution in [2.45, 2.75) is 78.6 Å². The van der Waals surface area contributed by atoms with Gasteiger partial charge in [0.15, 0.2) is 0 Å². The summed E-state index contributed by atoms with van der Waals surface area (Å²) >= 11 is 0. The van der Waals surface area contributed by atoms with Crippen LogP contribution in [0.5, 0.6) is 11.5 Å². The van der Waals surface area contributed by atoms with Crippen LogP contribution in [0.15, 0.2) is 11.6 Å². The Labute approximate surface area is 175 Å². The van der Waals surface area contributed by atoms with Gasteiger partial charge in [-0.2, -0.15) is 0 Å². The summed E-state index contributed by atoms with van der Waals surface area (Å²) in [5, 5.41) is -0.0203. The van der Waals surface area contributed by atoms with Crippen molar-refractivity contribution in [3.63, 3.8) is 0 Å².